The van der Waals surface area contributed by atoms with E-state index >= 15 is 0 Å². The van der Waals surface area contributed by atoms with Crippen molar-refractivity contribution < 1.29 is 4.79 Å². The van der Waals surface area contributed by atoms with Gasteiger partial charge in [0.25, 0.3) is 5.91 Å². The molecule has 2 aromatic rings. The van der Waals surface area contributed by atoms with Gasteiger partial charge in [-0.2, -0.15) is 0 Å². The van der Waals surface area contributed by atoms with Gasteiger partial charge in [0.05, 0.1) is 22.8 Å². The SMILES string of the molecule is CN=C(NCCNC(=O)c1scnc1C)NCc1cc(Cl)c(Cl)n1C.I. The van der Waals surface area contributed by atoms with Crippen LogP contribution in [-0.2, 0) is 13.6 Å². The van der Waals surface area contributed by atoms with Gasteiger partial charge in [-0.05, 0) is 13.0 Å². The van der Waals surface area contributed by atoms with Crippen LogP contribution in [0.15, 0.2) is 16.6 Å². The third kappa shape index (κ3) is 6.00. The number of carbonyl (C=O) groups is 1. The summed E-state index contributed by atoms with van der Waals surface area (Å²) in [5, 5.41) is 10.2. The molecule has 7 nitrogen and oxygen atoms in total. The van der Waals surface area contributed by atoms with Crippen molar-refractivity contribution in [1.29, 1.82) is 0 Å². The molecule has 11 heteroatoms. The topological polar surface area (TPSA) is 83.3 Å². The third-order valence-electron chi connectivity index (χ3n) is 3.53. The Bertz CT molecular complexity index is 776. The van der Waals surface area contributed by atoms with E-state index in [-0.39, 0.29) is 29.9 Å². The minimum absolute atomic E-state index is 0. The molecule has 26 heavy (non-hydrogen) atoms. The highest BCUT2D eigenvalue weighted by molar-refractivity contribution is 14.0. The Balaban J connectivity index is 0.00000338. The Morgan fingerprint density at radius 3 is 2.54 bits per heavy atom. The third-order valence-corrected chi connectivity index (χ3v) is 5.30. The average molecular weight is 531 g/mol. The number of thiazole rings is 1. The van der Waals surface area contributed by atoms with Crippen LogP contribution in [0.3, 0.4) is 0 Å². The minimum Gasteiger partial charge on any atom is -0.355 e. The summed E-state index contributed by atoms with van der Waals surface area (Å²) in [4.78, 5) is 20.8. The van der Waals surface area contributed by atoms with E-state index in [2.05, 4.69) is 25.9 Å². The molecule has 2 rings (SSSR count). The number of hydrogen-bond donors (Lipinski definition) is 3. The van der Waals surface area contributed by atoms with Crippen molar-refractivity contribution in [2.24, 2.45) is 12.0 Å². The second-order valence-corrected chi connectivity index (χ2v) is 6.83. The lowest BCUT2D eigenvalue weighted by molar-refractivity contribution is 0.0957. The molecule has 2 heterocycles. The van der Waals surface area contributed by atoms with Crippen molar-refractivity contribution >= 4 is 70.4 Å². The van der Waals surface area contributed by atoms with Crippen LogP contribution >= 0.6 is 58.5 Å². The molecule has 0 aliphatic carbocycles. The van der Waals surface area contributed by atoms with Crippen LogP contribution in [-0.4, -0.2) is 41.6 Å². The molecule has 1 amide bonds. The summed E-state index contributed by atoms with van der Waals surface area (Å²) >= 11 is 13.4. The van der Waals surface area contributed by atoms with Crippen LogP contribution in [0.25, 0.3) is 0 Å². The van der Waals surface area contributed by atoms with Crippen molar-refractivity contribution in [2.75, 3.05) is 20.1 Å². The fourth-order valence-corrected chi connectivity index (χ4v) is 3.25. The summed E-state index contributed by atoms with van der Waals surface area (Å²) in [5.41, 5.74) is 3.34. The molecule has 2 aromatic heterocycles. The number of aliphatic imine (C=N–C) groups is 1. The largest absolute Gasteiger partial charge is 0.355 e. The second kappa shape index (κ2) is 11.0. The molecule has 0 bridgehead atoms. The summed E-state index contributed by atoms with van der Waals surface area (Å²) in [6.07, 6.45) is 0. The van der Waals surface area contributed by atoms with Crippen molar-refractivity contribution in [1.82, 2.24) is 25.5 Å². The zero-order valence-corrected chi connectivity index (χ0v) is 19.3. The molecular formula is C15H21Cl2IN6OS. The lowest BCUT2D eigenvalue weighted by Crippen LogP contribution is -2.41. The fourth-order valence-electron chi connectivity index (χ4n) is 2.11. The van der Waals surface area contributed by atoms with Crippen LogP contribution in [0, 0.1) is 6.92 Å². The second-order valence-electron chi connectivity index (χ2n) is 5.21. The summed E-state index contributed by atoms with van der Waals surface area (Å²) in [6.45, 7) is 3.35. The monoisotopic (exact) mass is 530 g/mol. The number of aryl methyl sites for hydroxylation is 1. The number of aromatic nitrogens is 2. The average Bonchev–Trinajstić information content (AvgIpc) is 3.13. The first-order chi connectivity index (χ1) is 11.9. The minimum atomic E-state index is -0.113. The Morgan fingerprint density at radius 2 is 2.00 bits per heavy atom. The summed E-state index contributed by atoms with van der Waals surface area (Å²) in [5.74, 6) is 0.509. The lowest BCUT2D eigenvalue weighted by atomic mass is 10.4. The van der Waals surface area contributed by atoms with Gasteiger partial charge in [-0.1, -0.05) is 23.2 Å². The van der Waals surface area contributed by atoms with Crippen LogP contribution in [0.5, 0.6) is 0 Å². The van der Waals surface area contributed by atoms with Crippen LogP contribution in [0.1, 0.15) is 21.1 Å². The van der Waals surface area contributed by atoms with Gasteiger partial charge in [0, 0.05) is 32.9 Å². The highest BCUT2D eigenvalue weighted by atomic mass is 127. The molecule has 0 aromatic carbocycles. The van der Waals surface area contributed by atoms with Gasteiger partial charge in [0.1, 0.15) is 10.0 Å². The smallest absolute Gasteiger partial charge is 0.263 e. The van der Waals surface area contributed by atoms with Crippen molar-refractivity contribution in [3.8, 4) is 0 Å². The number of rotatable bonds is 6. The maximum absolute atomic E-state index is 12.0. The first kappa shape index (κ1) is 23.0. The van der Waals surface area contributed by atoms with Crippen LogP contribution in [0.4, 0.5) is 0 Å². The zero-order chi connectivity index (χ0) is 18.4. The molecule has 3 N–H and O–H groups in total. The Morgan fingerprint density at radius 1 is 1.31 bits per heavy atom. The van der Waals surface area contributed by atoms with E-state index in [0.29, 0.717) is 40.6 Å². The standard InChI is InChI=1S/C15H20Cl2N6OS.HI/c1-9-12(25-8-22-9)14(24)19-4-5-20-15(18-2)21-7-10-6-11(16)13(17)23(10)3;/h6,8H,4-5,7H2,1-3H3,(H,19,24)(H2,18,20,21);1H. The van der Waals surface area contributed by atoms with E-state index < -0.39 is 0 Å². The molecule has 0 unspecified atom stereocenters. The molecule has 0 radical (unpaired) electrons. The number of nitrogens with zero attached hydrogens (tertiary/aromatic N) is 3. The maximum Gasteiger partial charge on any atom is 0.263 e. The molecule has 0 fully saturated rings. The molecule has 0 atom stereocenters. The Hall–Kier alpha value is -1.04. The van der Waals surface area contributed by atoms with Gasteiger partial charge in [-0.25, -0.2) is 4.98 Å². The predicted molar refractivity (Wildman–Crippen MR) is 118 cm³/mol. The number of guanidine groups is 1. The molecule has 0 spiro atoms. The van der Waals surface area contributed by atoms with E-state index in [9.17, 15) is 4.79 Å². The first-order valence-corrected chi connectivity index (χ1v) is 9.20. The Labute approximate surface area is 183 Å². The molecular weight excluding hydrogens is 510 g/mol. The Kier molecular flexibility index (Phi) is 9.69. The molecule has 0 aliphatic heterocycles. The van der Waals surface area contributed by atoms with E-state index in [4.69, 9.17) is 23.2 Å². The first-order valence-electron chi connectivity index (χ1n) is 7.56. The summed E-state index contributed by atoms with van der Waals surface area (Å²) < 4.78 is 1.81. The number of halogens is 3. The van der Waals surface area contributed by atoms with Gasteiger partial charge >= 0.3 is 0 Å². The quantitative estimate of drug-likeness (QED) is 0.232. The molecule has 144 valence electrons. The highest BCUT2D eigenvalue weighted by Crippen LogP contribution is 2.24. The molecule has 0 saturated carbocycles. The van der Waals surface area contributed by atoms with Gasteiger partial charge in [0.2, 0.25) is 0 Å². The van der Waals surface area contributed by atoms with Gasteiger partial charge in [-0.15, -0.1) is 35.3 Å². The van der Waals surface area contributed by atoms with E-state index in [1.807, 2.05) is 24.6 Å². The number of nitrogens with one attached hydrogen (secondary N) is 3. The van der Waals surface area contributed by atoms with Gasteiger partial charge in [-0.3, -0.25) is 9.79 Å². The predicted octanol–water partition coefficient (Wildman–Crippen LogP) is 2.81. The van der Waals surface area contributed by atoms with Gasteiger partial charge in [0.15, 0.2) is 5.96 Å². The van der Waals surface area contributed by atoms with E-state index in [0.717, 1.165) is 11.4 Å². The lowest BCUT2D eigenvalue weighted by Gasteiger charge is -2.12. The molecule has 0 aliphatic rings. The van der Waals surface area contributed by atoms with Crippen molar-refractivity contribution in [3.05, 3.63) is 38.0 Å². The summed E-state index contributed by atoms with van der Waals surface area (Å²) in [7, 11) is 3.53. The highest BCUT2D eigenvalue weighted by Gasteiger charge is 2.11. The van der Waals surface area contributed by atoms with E-state index in [1.165, 1.54) is 11.3 Å². The van der Waals surface area contributed by atoms with Gasteiger partial charge < -0.3 is 20.5 Å². The van der Waals surface area contributed by atoms with E-state index in [1.54, 1.807) is 12.6 Å². The van der Waals surface area contributed by atoms with Crippen molar-refractivity contribution in [3.63, 3.8) is 0 Å². The number of carbonyl (C=O) groups excluding carboxylic acids is 1. The van der Waals surface area contributed by atoms with Crippen molar-refractivity contribution in [2.45, 2.75) is 13.5 Å². The normalized spacial score (nSPS) is 11.0. The fraction of sp³-hybridized carbons (Fsp3) is 0.400. The maximum atomic E-state index is 12.0. The molecule has 0 saturated heterocycles. The van der Waals surface area contributed by atoms with Crippen LogP contribution in [0.2, 0.25) is 10.2 Å². The summed E-state index contributed by atoms with van der Waals surface area (Å²) in [6, 6.07) is 1.81. The van der Waals surface area contributed by atoms with Crippen LogP contribution < -0.4 is 16.0 Å². The number of hydrogen-bond acceptors (Lipinski definition) is 4. The number of amides is 1. The zero-order valence-electron chi connectivity index (χ0n) is 14.6.